The first-order valence-corrected chi connectivity index (χ1v) is 9.74. The Morgan fingerprint density at radius 3 is 2.71 bits per heavy atom. The molecule has 0 radical (unpaired) electrons. The minimum absolute atomic E-state index is 0.208. The molecular formula is C21H33FN6. The van der Waals surface area contributed by atoms with E-state index >= 15 is 0 Å². The Balaban J connectivity index is 1.76. The summed E-state index contributed by atoms with van der Waals surface area (Å²) in [6.07, 6.45) is 1.82. The van der Waals surface area contributed by atoms with E-state index in [2.05, 4.69) is 46.4 Å². The molecule has 28 heavy (non-hydrogen) atoms. The van der Waals surface area contributed by atoms with Crippen molar-refractivity contribution in [2.24, 2.45) is 12.0 Å². The van der Waals surface area contributed by atoms with Crippen molar-refractivity contribution in [3.05, 3.63) is 47.0 Å². The minimum atomic E-state index is -0.208. The fourth-order valence-corrected chi connectivity index (χ4v) is 3.26. The van der Waals surface area contributed by atoms with Gasteiger partial charge in [-0.1, -0.05) is 6.07 Å². The van der Waals surface area contributed by atoms with Crippen LogP contribution in [0.2, 0.25) is 0 Å². The highest BCUT2D eigenvalue weighted by Gasteiger charge is 2.14. The van der Waals surface area contributed by atoms with Gasteiger partial charge in [-0.3, -0.25) is 9.67 Å². The molecule has 2 rings (SSSR count). The van der Waals surface area contributed by atoms with Gasteiger partial charge in [0.2, 0.25) is 0 Å². The van der Waals surface area contributed by atoms with Crippen LogP contribution in [0.4, 0.5) is 10.1 Å². The molecule has 6 nitrogen and oxygen atoms in total. The molecule has 7 heteroatoms. The number of anilines is 1. The second-order valence-corrected chi connectivity index (χ2v) is 7.28. The van der Waals surface area contributed by atoms with Gasteiger partial charge in [-0.05, 0) is 57.4 Å². The second kappa shape index (κ2) is 10.1. The predicted octanol–water partition coefficient (Wildman–Crippen LogP) is 2.80. The van der Waals surface area contributed by atoms with Crippen LogP contribution in [0.1, 0.15) is 30.3 Å². The van der Waals surface area contributed by atoms with Crippen LogP contribution < -0.4 is 15.5 Å². The van der Waals surface area contributed by atoms with Crippen molar-refractivity contribution in [2.75, 3.05) is 32.1 Å². The van der Waals surface area contributed by atoms with E-state index in [1.807, 2.05) is 24.8 Å². The number of aliphatic imine (C=N–C) groups is 1. The number of halogens is 1. The highest BCUT2D eigenvalue weighted by molar-refractivity contribution is 5.79. The number of aromatic nitrogens is 2. The zero-order chi connectivity index (χ0) is 20.7. The maximum atomic E-state index is 13.3. The third-order valence-electron chi connectivity index (χ3n) is 4.99. The molecule has 0 spiro atoms. The summed E-state index contributed by atoms with van der Waals surface area (Å²) >= 11 is 0. The SMILES string of the molecule is CN=C(NCCCN(C)c1cccc(F)c1)NC(C)Cc1c(C)nn(C)c1C. The predicted molar refractivity (Wildman–Crippen MR) is 115 cm³/mol. The summed E-state index contributed by atoms with van der Waals surface area (Å²) in [5.41, 5.74) is 4.46. The van der Waals surface area contributed by atoms with Crippen molar-refractivity contribution in [3.63, 3.8) is 0 Å². The number of hydrogen-bond acceptors (Lipinski definition) is 3. The zero-order valence-electron chi connectivity index (χ0n) is 17.9. The van der Waals surface area contributed by atoms with E-state index in [9.17, 15) is 4.39 Å². The van der Waals surface area contributed by atoms with E-state index in [1.54, 1.807) is 19.2 Å². The Hall–Kier alpha value is -2.57. The maximum absolute atomic E-state index is 13.3. The van der Waals surface area contributed by atoms with Crippen molar-refractivity contribution in [1.29, 1.82) is 0 Å². The zero-order valence-corrected chi connectivity index (χ0v) is 17.9. The molecule has 1 heterocycles. The summed E-state index contributed by atoms with van der Waals surface area (Å²) in [5.74, 6) is 0.584. The molecule has 2 aromatic rings. The van der Waals surface area contributed by atoms with Gasteiger partial charge in [0.25, 0.3) is 0 Å². The molecule has 0 aliphatic heterocycles. The van der Waals surface area contributed by atoms with Gasteiger partial charge in [0.15, 0.2) is 5.96 Å². The van der Waals surface area contributed by atoms with Crippen molar-refractivity contribution in [3.8, 4) is 0 Å². The molecule has 0 saturated heterocycles. The first-order valence-electron chi connectivity index (χ1n) is 9.74. The lowest BCUT2D eigenvalue weighted by atomic mass is 10.1. The van der Waals surface area contributed by atoms with Crippen LogP contribution in [0.15, 0.2) is 29.3 Å². The van der Waals surface area contributed by atoms with E-state index in [0.717, 1.165) is 43.3 Å². The molecule has 1 unspecified atom stereocenters. The average molecular weight is 389 g/mol. The van der Waals surface area contributed by atoms with E-state index in [4.69, 9.17) is 0 Å². The van der Waals surface area contributed by atoms with Crippen LogP contribution in [0.5, 0.6) is 0 Å². The molecule has 0 saturated carbocycles. The van der Waals surface area contributed by atoms with Crippen molar-refractivity contribution < 1.29 is 4.39 Å². The molecule has 0 bridgehead atoms. The van der Waals surface area contributed by atoms with Crippen LogP contribution >= 0.6 is 0 Å². The number of nitrogens with one attached hydrogen (secondary N) is 2. The average Bonchev–Trinajstić information content (AvgIpc) is 2.90. The van der Waals surface area contributed by atoms with Gasteiger partial charge >= 0.3 is 0 Å². The van der Waals surface area contributed by atoms with Crippen molar-refractivity contribution in [1.82, 2.24) is 20.4 Å². The molecule has 0 fully saturated rings. The summed E-state index contributed by atoms with van der Waals surface area (Å²) in [4.78, 5) is 6.37. The molecule has 2 N–H and O–H groups in total. The molecule has 0 aliphatic rings. The number of hydrogen-bond donors (Lipinski definition) is 2. The highest BCUT2D eigenvalue weighted by Crippen LogP contribution is 2.15. The van der Waals surface area contributed by atoms with Crippen LogP contribution in [-0.4, -0.2) is 49.0 Å². The van der Waals surface area contributed by atoms with Crippen LogP contribution in [0.25, 0.3) is 0 Å². The summed E-state index contributed by atoms with van der Waals surface area (Å²) in [6, 6.07) is 6.91. The first-order chi connectivity index (χ1) is 13.3. The lowest BCUT2D eigenvalue weighted by Crippen LogP contribution is -2.43. The number of nitrogens with zero attached hydrogens (tertiary/aromatic N) is 4. The summed E-state index contributed by atoms with van der Waals surface area (Å²) in [5, 5.41) is 11.3. The number of benzene rings is 1. The van der Waals surface area contributed by atoms with E-state index in [1.165, 1.54) is 17.3 Å². The number of aryl methyl sites for hydroxylation is 2. The largest absolute Gasteiger partial charge is 0.374 e. The summed E-state index contributed by atoms with van der Waals surface area (Å²) in [6.45, 7) is 7.92. The van der Waals surface area contributed by atoms with Gasteiger partial charge in [0.05, 0.1) is 5.69 Å². The van der Waals surface area contributed by atoms with Crippen LogP contribution in [0, 0.1) is 19.7 Å². The molecule has 1 aromatic heterocycles. The van der Waals surface area contributed by atoms with Gasteiger partial charge in [-0.25, -0.2) is 4.39 Å². The lowest BCUT2D eigenvalue weighted by molar-refractivity contribution is 0.625. The Morgan fingerprint density at radius 2 is 2.11 bits per heavy atom. The highest BCUT2D eigenvalue weighted by atomic mass is 19.1. The van der Waals surface area contributed by atoms with E-state index < -0.39 is 0 Å². The number of rotatable bonds is 8. The molecule has 154 valence electrons. The molecular weight excluding hydrogens is 355 g/mol. The lowest BCUT2D eigenvalue weighted by Gasteiger charge is -2.21. The van der Waals surface area contributed by atoms with Gasteiger partial charge < -0.3 is 15.5 Å². The molecule has 0 aliphatic carbocycles. The fourth-order valence-electron chi connectivity index (χ4n) is 3.26. The fraction of sp³-hybridized carbons (Fsp3) is 0.524. The van der Waals surface area contributed by atoms with Crippen LogP contribution in [-0.2, 0) is 13.5 Å². The minimum Gasteiger partial charge on any atom is -0.374 e. The van der Waals surface area contributed by atoms with Crippen molar-refractivity contribution >= 4 is 11.6 Å². The third-order valence-corrected chi connectivity index (χ3v) is 4.99. The van der Waals surface area contributed by atoms with Gasteiger partial charge in [0, 0.05) is 51.7 Å². The second-order valence-electron chi connectivity index (χ2n) is 7.28. The van der Waals surface area contributed by atoms with Gasteiger partial charge in [0.1, 0.15) is 5.82 Å². The topological polar surface area (TPSA) is 57.5 Å². The standard InChI is InChI=1S/C21H33FN6/c1-15(13-20-16(2)26-28(6)17(20)3)25-21(23-4)24-11-8-12-27(5)19-10-7-9-18(22)14-19/h7,9-10,14-15H,8,11-13H2,1-6H3,(H2,23,24,25). The Kier molecular flexibility index (Phi) is 7.84. The van der Waals surface area contributed by atoms with Crippen molar-refractivity contribution in [2.45, 2.75) is 39.7 Å². The summed E-state index contributed by atoms with van der Waals surface area (Å²) < 4.78 is 15.3. The van der Waals surface area contributed by atoms with Gasteiger partial charge in [-0.2, -0.15) is 5.10 Å². The normalized spacial score (nSPS) is 12.8. The Labute approximate surface area is 167 Å². The quantitative estimate of drug-likeness (QED) is 0.415. The smallest absolute Gasteiger partial charge is 0.191 e. The maximum Gasteiger partial charge on any atom is 0.191 e. The monoisotopic (exact) mass is 388 g/mol. The molecule has 1 atom stereocenters. The Bertz CT molecular complexity index is 798. The van der Waals surface area contributed by atoms with E-state index in [-0.39, 0.29) is 11.9 Å². The molecule has 0 amide bonds. The number of guanidine groups is 1. The van der Waals surface area contributed by atoms with Gasteiger partial charge in [-0.15, -0.1) is 0 Å². The molecule has 1 aromatic carbocycles. The van der Waals surface area contributed by atoms with E-state index in [0.29, 0.717) is 0 Å². The first kappa shape index (κ1) is 21.7. The Morgan fingerprint density at radius 1 is 1.36 bits per heavy atom. The summed E-state index contributed by atoms with van der Waals surface area (Å²) in [7, 11) is 5.73. The van der Waals surface area contributed by atoms with Crippen LogP contribution in [0.3, 0.4) is 0 Å². The third kappa shape index (κ3) is 5.97.